The highest BCUT2D eigenvalue weighted by molar-refractivity contribution is 6.08. The number of rotatable bonds is 7. The summed E-state index contributed by atoms with van der Waals surface area (Å²) in [4.78, 5) is 37.8. The number of amides is 2. The van der Waals surface area contributed by atoms with Crippen molar-refractivity contribution in [3.8, 4) is 0 Å². The van der Waals surface area contributed by atoms with Crippen molar-refractivity contribution in [3.63, 3.8) is 0 Å². The normalized spacial score (nSPS) is 31.5. The summed E-state index contributed by atoms with van der Waals surface area (Å²) in [6, 6.07) is 8.75. The van der Waals surface area contributed by atoms with Crippen LogP contribution < -0.4 is 4.90 Å². The molecule has 1 aromatic carbocycles. The topological polar surface area (TPSA) is 82.1 Å². The number of fused-ring (bicyclic) bond motifs is 2. The van der Waals surface area contributed by atoms with Crippen LogP contribution in [0.5, 0.6) is 0 Å². The first kappa shape index (κ1) is 19.5. The molecule has 0 radical (unpaired) electrons. The van der Waals surface area contributed by atoms with Crippen LogP contribution in [0.1, 0.15) is 26.7 Å². The lowest BCUT2D eigenvalue weighted by atomic mass is 9.76. The van der Waals surface area contributed by atoms with Crippen LogP contribution in [0.3, 0.4) is 0 Å². The van der Waals surface area contributed by atoms with E-state index in [0.29, 0.717) is 24.9 Å². The molecule has 2 fully saturated rings. The molecule has 7 heteroatoms. The van der Waals surface area contributed by atoms with Gasteiger partial charge in [-0.05, 0) is 18.6 Å². The average molecular weight is 375 g/mol. The van der Waals surface area contributed by atoms with Gasteiger partial charge in [-0.2, -0.15) is 0 Å². The first-order chi connectivity index (χ1) is 13.0. The second-order valence-electron chi connectivity index (χ2n) is 7.00. The van der Waals surface area contributed by atoms with Gasteiger partial charge in [-0.1, -0.05) is 32.0 Å². The number of imide groups is 1. The van der Waals surface area contributed by atoms with Crippen molar-refractivity contribution >= 4 is 24.0 Å². The van der Waals surface area contributed by atoms with Gasteiger partial charge in [-0.3, -0.25) is 19.3 Å². The van der Waals surface area contributed by atoms with Gasteiger partial charge in [0.15, 0.2) is 6.10 Å². The zero-order valence-corrected chi connectivity index (χ0v) is 15.7. The fraction of sp³-hybridized carbons (Fsp3) is 0.550. The molecule has 2 aliphatic rings. The van der Waals surface area contributed by atoms with Crippen molar-refractivity contribution in [2.45, 2.75) is 51.1 Å². The number of esters is 1. The lowest BCUT2D eigenvalue weighted by molar-refractivity contribution is -0.160. The van der Waals surface area contributed by atoms with Gasteiger partial charge in [0, 0.05) is 19.4 Å². The van der Waals surface area contributed by atoms with Gasteiger partial charge in [-0.25, -0.2) is 0 Å². The smallest absolute Gasteiger partial charge is 0.306 e. The summed E-state index contributed by atoms with van der Waals surface area (Å²) in [6.07, 6.45) is -0.526. The van der Waals surface area contributed by atoms with Gasteiger partial charge in [0.05, 0.1) is 17.7 Å². The number of carbonyl (C=O) groups excluding carboxylic acids is 3. The summed E-state index contributed by atoms with van der Waals surface area (Å²) in [6.45, 7) is 3.79. The Hall–Kier alpha value is -2.25. The number of hydrogen-bond acceptors (Lipinski definition) is 6. The molecule has 2 bridgehead atoms. The summed E-state index contributed by atoms with van der Waals surface area (Å²) in [5.41, 5.74) is 0.507. The molecule has 0 spiro atoms. The number of anilines is 1. The van der Waals surface area contributed by atoms with Crippen LogP contribution >= 0.6 is 0 Å². The van der Waals surface area contributed by atoms with Gasteiger partial charge in [0.25, 0.3) is 0 Å². The van der Waals surface area contributed by atoms with Gasteiger partial charge < -0.3 is 14.2 Å². The van der Waals surface area contributed by atoms with Crippen LogP contribution in [0.15, 0.2) is 30.3 Å². The number of methoxy groups -OCH3 is 1. The summed E-state index contributed by atoms with van der Waals surface area (Å²) in [5, 5.41) is 0. The SMILES string of the molecule is CCCC(=O)OC1C2OC(C1OC)C(C(=O)N(C=O)c1ccccc1)C2C. The van der Waals surface area contributed by atoms with Crippen molar-refractivity contribution in [3.05, 3.63) is 30.3 Å². The first-order valence-electron chi connectivity index (χ1n) is 9.24. The van der Waals surface area contributed by atoms with Crippen LogP contribution in [0.2, 0.25) is 0 Å². The van der Waals surface area contributed by atoms with Crippen LogP contribution in [0.25, 0.3) is 0 Å². The minimum atomic E-state index is -0.562. The van der Waals surface area contributed by atoms with Crippen LogP contribution in [0.4, 0.5) is 5.69 Å². The maximum absolute atomic E-state index is 13.1. The molecular formula is C20H25NO6. The summed E-state index contributed by atoms with van der Waals surface area (Å²) in [5.74, 6) is -1.39. The Morgan fingerprint density at radius 3 is 2.48 bits per heavy atom. The van der Waals surface area contributed by atoms with E-state index in [1.54, 1.807) is 24.3 Å². The van der Waals surface area contributed by atoms with E-state index in [-0.39, 0.29) is 17.8 Å². The van der Waals surface area contributed by atoms with Gasteiger partial charge in [0.2, 0.25) is 12.3 Å². The molecule has 2 saturated heterocycles. The third-order valence-electron chi connectivity index (χ3n) is 5.38. The minimum Gasteiger partial charge on any atom is -0.457 e. The van der Waals surface area contributed by atoms with Crippen LogP contribution in [-0.4, -0.2) is 49.8 Å². The Morgan fingerprint density at radius 2 is 1.89 bits per heavy atom. The van der Waals surface area contributed by atoms with Crippen molar-refractivity contribution in [2.75, 3.05) is 12.0 Å². The molecule has 0 N–H and O–H groups in total. The third kappa shape index (κ3) is 3.49. The molecule has 0 saturated carbocycles. The summed E-state index contributed by atoms with van der Waals surface area (Å²) < 4.78 is 17.1. The number of para-hydroxylation sites is 1. The molecule has 7 nitrogen and oxygen atoms in total. The maximum Gasteiger partial charge on any atom is 0.306 e. The second kappa shape index (κ2) is 8.19. The van der Waals surface area contributed by atoms with Crippen molar-refractivity contribution < 1.29 is 28.6 Å². The number of carbonyl (C=O) groups is 3. The molecule has 6 unspecified atom stereocenters. The van der Waals surface area contributed by atoms with E-state index in [2.05, 4.69) is 0 Å². The average Bonchev–Trinajstić information content (AvgIpc) is 3.17. The largest absolute Gasteiger partial charge is 0.457 e. The van der Waals surface area contributed by atoms with Gasteiger partial charge >= 0.3 is 5.97 Å². The van der Waals surface area contributed by atoms with Gasteiger partial charge in [0.1, 0.15) is 12.2 Å². The van der Waals surface area contributed by atoms with E-state index >= 15 is 0 Å². The third-order valence-corrected chi connectivity index (χ3v) is 5.38. The Labute approximate surface area is 158 Å². The number of ether oxygens (including phenoxy) is 3. The quantitative estimate of drug-likeness (QED) is 0.535. The van der Waals surface area contributed by atoms with Crippen molar-refractivity contribution in [1.82, 2.24) is 0 Å². The Morgan fingerprint density at radius 1 is 1.19 bits per heavy atom. The highest BCUT2D eigenvalue weighted by atomic mass is 16.6. The van der Waals surface area contributed by atoms with E-state index in [4.69, 9.17) is 14.2 Å². The highest BCUT2D eigenvalue weighted by Crippen LogP contribution is 2.46. The number of nitrogens with zero attached hydrogens (tertiary/aromatic N) is 1. The fourth-order valence-electron chi connectivity index (χ4n) is 4.10. The summed E-state index contributed by atoms with van der Waals surface area (Å²) in [7, 11) is 1.51. The second-order valence-corrected chi connectivity index (χ2v) is 7.00. The van der Waals surface area contributed by atoms with Crippen LogP contribution in [0, 0.1) is 11.8 Å². The maximum atomic E-state index is 13.1. The first-order valence-corrected chi connectivity index (χ1v) is 9.24. The monoisotopic (exact) mass is 375 g/mol. The molecule has 3 rings (SSSR count). The zero-order chi connectivity index (χ0) is 19.6. The molecule has 2 heterocycles. The molecule has 6 atom stereocenters. The Balaban J connectivity index is 1.80. The molecule has 2 aliphatic heterocycles. The number of benzene rings is 1. The summed E-state index contributed by atoms with van der Waals surface area (Å²) >= 11 is 0. The lowest BCUT2D eigenvalue weighted by Crippen LogP contribution is -2.53. The fourth-order valence-corrected chi connectivity index (χ4v) is 4.10. The predicted octanol–water partition coefficient (Wildman–Crippen LogP) is 1.94. The molecule has 146 valence electrons. The van der Waals surface area contributed by atoms with E-state index in [0.717, 1.165) is 4.90 Å². The molecular weight excluding hydrogens is 350 g/mol. The lowest BCUT2D eigenvalue weighted by Gasteiger charge is -2.35. The van der Waals surface area contributed by atoms with E-state index in [1.165, 1.54) is 7.11 Å². The zero-order valence-electron chi connectivity index (χ0n) is 15.7. The molecule has 0 aliphatic carbocycles. The molecule has 1 aromatic rings. The Kier molecular flexibility index (Phi) is 5.92. The van der Waals surface area contributed by atoms with Crippen LogP contribution in [-0.2, 0) is 28.6 Å². The van der Waals surface area contributed by atoms with Gasteiger partial charge in [-0.15, -0.1) is 0 Å². The number of hydrogen-bond donors (Lipinski definition) is 0. The van der Waals surface area contributed by atoms with Crippen molar-refractivity contribution in [1.29, 1.82) is 0 Å². The van der Waals surface area contributed by atoms with Crippen molar-refractivity contribution in [2.24, 2.45) is 11.8 Å². The standard InChI is InChI=1S/C20H25NO6/c1-4-8-14(23)26-19-16-12(2)15(17(27-16)18(19)25-3)20(24)21(11-22)13-9-6-5-7-10-13/h5-7,9-12,15-19H,4,8H2,1-3H3. The van der Waals surface area contributed by atoms with E-state index in [1.807, 2.05) is 19.9 Å². The predicted molar refractivity (Wildman–Crippen MR) is 96.9 cm³/mol. The van der Waals surface area contributed by atoms with E-state index < -0.39 is 30.3 Å². The minimum absolute atomic E-state index is 0.209. The van der Waals surface area contributed by atoms with E-state index in [9.17, 15) is 14.4 Å². The Bertz CT molecular complexity index is 691. The molecule has 2 amide bonds. The molecule has 0 aromatic heterocycles. The molecule has 27 heavy (non-hydrogen) atoms. The highest BCUT2D eigenvalue weighted by Gasteiger charge is 2.63.